The van der Waals surface area contributed by atoms with Gasteiger partial charge in [-0.1, -0.05) is 6.92 Å². The molecule has 0 N–H and O–H groups in total. The predicted octanol–water partition coefficient (Wildman–Crippen LogP) is 3.94. The Bertz CT molecular complexity index is 987. The molecule has 0 aliphatic carbocycles. The molecule has 0 amide bonds. The van der Waals surface area contributed by atoms with Gasteiger partial charge >= 0.3 is 6.18 Å². The number of alkyl halides is 3. The van der Waals surface area contributed by atoms with Crippen LogP contribution in [0.2, 0.25) is 0 Å². The molecule has 0 saturated heterocycles. The summed E-state index contributed by atoms with van der Waals surface area (Å²) in [6.45, 7) is 1.63. The zero-order valence-electron chi connectivity index (χ0n) is 13.1. The summed E-state index contributed by atoms with van der Waals surface area (Å²) in [6.07, 6.45) is -3.83. The normalized spacial score (nSPS) is 13.4. The van der Waals surface area contributed by atoms with Gasteiger partial charge in [0.15, 0.2) is 11.5 Å². The lowest BCUT2D eigenvalue weighted by atomic mass is 10.2. The van der Waals surface area contributed by atoms with E-state index in [2.05, 4.69) is 30.9 Å². The van der Waals surface area contributed by atoms with Crippen molar-refractivity contribution >= 4 is 37.9 Å². The SMILES string of the molecule is CCS(=O)c1cc(C(F)(F)F)cnc1-c1nc2ccc(Br)nc2n1C. The minimum Gasteiger partial charge on any atom is -0.310 e. The van der Waals surface area contributed by atoms with Crippen molar-refractivity contribution in [1.29, 1.82) is 0 Å². The second-order valence-corrected chi connectivity index (χ2v) is 7.69. The van der Waals surface area contributed by atoms with Crippen LogP contribution in [0.1, 0.15) is 12.5 Å². The van der Waals surface area contributed by atoms with Crippen LogP contribution in [-0.4, -0.2) is 29.5 Å². The van der Waals surface area contributed by atoms with E-state index >= 15 is 0 Å². The molecule has 0 aromatic carbocycles. The average Bonchev–Trinajstić information content (AvgIpc) is 2.89. The lowest BCUT2D eigenvalue weighted by Gasteiger charge is -2.12. The standard InChI is InChI=1S/C15H12BrF3N4OS/c1-3-25(24)10-6-8(15(17,18)19)7-20-12(10)14-21-9-4-5-11(16)22-13(9)23(14)2/h4-7H,3H2,1-2H3. The second-order valence-electron chi connectivity index (χ2n) is 5.17. The van der Waals surface area contributed by atoms with Gasteiger partial charge in [-0.15, -0.1) is 0 Å². The van der Waals surface area contributed by atoms with Crippen molar-refractivity contribution in [2.75, 3.05) is 5.75 Å². The molecule has 0 radical (unpaired) electrons. The van der Waals surface area contributed by atoms with E-state index in [1.807, 2.05) is 0 Å². The summed E-state index contributed by atoms with van der Waals surface area (Å²) in [7, 11) is 0.0553. The largest absolute Gasteiger partial charge is 0.417 e. The summed E-state index contributed by atoms with van der Waals surface area (Å²) >= 11 is 3.27. The number of aryl methyl sites for hydroxylation is 1. The number of halogens is 4. The highest BCUT2D eigenvalue weighted by Gasteiger charge is 2.33. The quantitative estimate of drug-likeness (QED) is 0.588. The van der Waals surface area contributed by atoms with E-state index in [4.69, 9.17) is 0 Å². The van der Waals surface area contributed by atoms with E-state index in [0.29, 0.717) is 21.6 Å². The zero-order valence-corrected chi connectivity index (χ0v) is 15.5. The van der Waals surface area contributed by atoms with Gasteiger partial charge in [-0.2, -0.15) is 13.2 Å². The van der Waals surface area contributed by atoms with Gasteiger partial charge in [0.05, 0.1) is 21.3 Å². The summed E-state index contributed by atoms with van der Waals surface area (Å²) in [5.74, 6) is 0.482. The van der Waals surface area contributed by atoms with Crippen molar-refractivity contribution in [3.63, 3.8) is 0 Å². The summed E-state index contributed by atoms with van der Waals surface area (Å²) in [5.41, 5.74) is 0.326. The highest BCUT2D eigenvalue weighted by atomic mass is 79.9. The maximum absolute atomic E-state index is 13.0. The Kier molecular flexibility index (Phi) is 4.67. The van der Waals surface area contributed by atoms with Crippen molar-refractivity contribution in [3.05, 3.63) is 34.6 Å². The number of hydrogen-bond donors (Lipinski definition) is 0. The van der Waals surface area contributed by atoms with Crippen molar-refractivity contribution in [1.82, 2.24) is 19.5 Å². The highest BCUT2D eigenvalue weighted by molar-refractivity contribution is 9.10. The third-order valence-corrected chi connectivity index (χ3v) is 5.35. The van der Waals surface area contributed by atoms with Crippen LogP contribution in [0.4, 0.5) is 13.2 Å². The molecule has 1 atom stereocenters. The molecule has 0 aliphatic rings. The van der Waals surface area contributed by atoms with Gasteiger partial charge in [0.2, 0.25) is 0 Å². The van der Waals surface area contributed by atoms with Crippen molar-refractivity contribution in [3.8, 4) is 11.5 Å². The maximum atomic E-state index is 13.0. The van der Waals surface area contributed by atoms with Gasteiger partial charge in [-0.3, -0.25) is 9.19 Å². The van der Waals surface area contributed by atoms with E-state index in [-0.39, 0.29) is 16.3 Å². The molecule has 0 fully saturated rings. The molecular formula is C15H12BrF3N4OS. The maximum Gasteiger partial charge on any atom is 0.417 e. The Morgan fingerprint density at radius 3 is 2.64 bits per heavy atom. The molecule has 3 heterocycles. The van der Waals surface area contributed by atoms with Gasteiger partial charge in [0, 0.05) is 19.0 Å². The van der Waals surface area contributed by atoms with Crippen LogP contribution in [0.3, 0.4) is 0 Å². The fourth-order valence-corrected chi connectivity index (χ4v) is 3.58. The van der Waals surface area contributed by atoms with Crippen LogP contribution < -0.4 is 0 Å². The Hall–Kier alpha value is -1.81. The van der Waals surface area contributed by atoms with Crippen molar-refractivity contribution in [2.24, 2.45) is 7.05 Å². The van der Waals surface area contributed by atoms with Gasteiger partial charge < -0.3 is 4.57 Å². The number of nitrogens with zero attached hydrogens (tertiary/aromatic N) is 4. The Morgan fingerprint density at radius 1 is 1.28 bits per heavy atom. The summed E-state index contributed by atoms with van der Waals surface area (Å²) in [4.78, 5) is 12.6. The fourth-order valence-electron chi connectivity index (χ4n) is 2.35. The average molecular weight is 433 g/mol. The topological polar surface area (TPSA) is 60.7 Å². The molecule has 25 heavy (non-hydrogen) atoms. The lowest BCUT2D eigenvalue weighted by Crippen LogP contribution is -2.10. The Labute approximate surface area is 151 Å². The molecule has 0 spiro atoms. The smallest absolute Gasteiger partial charge is 0.310 e. The van der Waals surface area contributed by atoms with Crippen LogP contribution in [0, 0.1) is 0 Å². The molecule has 1 unspecified atom stereocenters. The fraction of sp³-hybridized carbons (Fsp3) is 0.267. The number of fused-ring (bicyclic) bond motifs is 1. The van der Waals surface area contributed by atoms with E-state index in [1.54, 1.807) is 30.7 Å². The molecule has 0 saturated carbocycles. The number of rotatable bonds is 3. The first-order valence-electron chi connectivity index (χ1n) is 7.17. The van der Waals surface area contributed by atoms with Crippen molar-refractivity contribution < 1.29 is 17.4 Å². The summed E-state index contributed by atoms with van der Waals surface area (Å²) in [6, 6.07) is 4.32. The Balaban J connectivity index is 2.26. The molecule has 132 valence electrons. The monoisotopic (exact) mass is 432 g/mol. The van der Waals surface area contributed by atoms with Crippen LogP contribution in [0.25, 0.3) is 22.7 Å². The van der Waals surface area contributed by atoms with Crippen LogP contribution in [0.5, 0.6) is 0 Å². The minimum atomic E-state index is -4.56. The zero-order chi connectivity index (χ0) is 18.4. The summed E-state index contributed by atoms with van der Waals surface area (Å²) < 4.78 is 53.5. The second kappa shape index (κ2) is 6.49. The minimum absolute atomic E-state index is 0.00907. The van der Waals surface area contributed by atoms with Gasteiger partial charge in [-0.25, -0.2) is 9.97 Å². The third kappa shape index (κ3) is 3.32. The third-order valence-electron chi connectivity index (χ3n) is 3.58. The first-order chi connectivity index (χ1) is 11.7. The van der Waals surface area contributed by atoms with Gasteiger partial charge in [-0.05, 0) is 34.1 Å². The van der Waals surface area contributed by atoms with Crippen LogP contribution in [-0.2, 0) is 24.0 Å². The molecule has 0 bridgehead atoms. The molecular weight excluding hydrogens is 421 g/mol. The Morgan fingerprint density at radius 2 is 2.00 bits per heavy atom. The number of hydrogen-bond acceptors (Lipinski definition) is 4. The lowest BCUT2D eigenvalue weighted by molar-refractivity contribution is -0.138. The molecule has 3 aromatic heterocycles. The van der Waals surface area contributed by atoms with E-state index in [0.717, 1.165) is 12.3 Å². The van der Waals surface area contributed by atoms with Gasteiger partial charge in [0.25, 0.3) is 0 Å². The summed E-state index contributed by atoms with van der Waals surface area (Å²) in [5, 5.41) is 0. The molecule has 0 aliphatic heterocycles. The van der Waals surface area contributed by atoms with E-state index < -0.39 is 22.5 Å². The van der Waals surface area contributed by atoms with E-state index in [1.165, 1.54) is 0 Å². The van der Waals surface area contributed by atoms with Crippen molar-refractivity contribution in [2.45, 2.75) is 18.0 Å². The van der Waals surface area contributed by atoms with Crippen LogP contribution in [0.15, 0.2) is 33.9 Å². The van der Waals surface area contributed by atoms with Gasteiger partial charge in [0.1, 0.15) is 15.8 Å². The van der Waals surface area contributed by atoms with E-state index in [9.17, 15) is 17.4 Å². The predicted molar refractivity (Wildman–Crippen MR) is 91.4 cm³/mol. The molecule has 10 heteroatoms. The highest BCUT2D eigenvalue weighted by Crippen LogP contribution is 2.33. The first kappa shape index (κ1) is 18.0. The molecule has 3 rings (SSSR count). The number of imidazole rings is 1. The number of pyridine rings is 2. The molecule has 5 nitrogen and oxygen atoms in total. The first-order valence-corrected chi connectivity index (χ1v) is 9.28. The number of aromatic nitrogens is 4. The van der Waals surface area contributed by atoms with Crippen LogP contribution >= 0.6 is 15.9 Å². The molecule has 3 aromatic rings.